The van der Waals surface area contributed by atoms with Crippen LogP contribution in [0.2, 0.25) is 0 Å². The monoisotopic (exact) mass is 426 g/mol. The molecule has 0 bridgehead atoms. The molecule has 0 N–H and O–H groups in total. The van der Waals surface area contributed by atoms with Crippen molar-refractivity contribution >= 4 is 22.6 Å². The van der Waals surface area contributed by atoms with Gasteiger partial charge in [0.2, 0.25) is 0 Å². The highest BCUT2D eigenvalue weighted by Gasteiger charge is 2.25. The van der Waals surface area contributed by atoms with Crippen molar-refractivity contribution in [3.63, 3.8) is 0 Å². The molecule has 2 aromatic carbocycles. The summed E-state index contributed by atoms with van der Waals surface area (Å²) in [7, 11) is 0. The van der Waals surface area contributed by atoms with E-state index in [0.717, 1.165) is 12.0 Å². The van der Waals surface area contributed by atoms with E-state index >= 15 is 0 Å². The van der Waals surface area contributed by atoms with Gasteiger partial charge in [-0.25, -0.2) is 0 Å². The lowest BCUT2D eigenvalue weighted by Crippen LogP contribution is -2.21. The van der Waals surface area contributed by atoms with Crippen LogP contribution in [0.3, 0.4) is 0 Å². The molecule has 2 rings (SSSR count). The number of hydrogen-bond donors (Lipinski definition) is 0. The van der Waals surface area contributed by atoms with E-state index in [1.54, 1.807) is 6.08 Å². The number of rotatable bonds is 5. The summed E-state index contributed by atoms with van der Waals surface area (Å²) < 4.78 is 1.25. The molecule has 0 unspecified atom stereocenters. The van der Waals surface area contributed by atoms with Crippen molar-refractivity contribution in [2.75, 3.05) is 0 Å². The second-order valence-corrected chi connectivity index (χ2v) is 7.63. The van der Waals surface area contributed by atoms with Gasteiger partial charge in [0.05, 0.1) is 0 Å². The van der Waals surface area contributed by atoms with E-state index in [2.05, 4.69) is 98.3 Å². The maximum absolute atomic E-state index is 5.35. The predicted octanol–water partition coefficient (Wildman–Crippen LogP) is 6.54. The maximum atomic E-state index is 5.35. The van der Waals surface area contributed by atoms with E-state index in [9.17, 15) is 0 Å². The molecule has 0 aliphatic heterocycles. The Balaban J connectivity index is 2.54. The Kier molecular flexibility index (Phi) is 6.07. The van der Waals surface area contributed by atoms with Crippen LogP contribution >= 0.6 is 22.6 Å². The van der Waals surface area contributed by atoms with E-state index in [1.807, 2.05) is 6.08 Å². The third kappa shape index (κ3) is 3.99. The molecular weight excluding hydrogens is 403 g/mol. The Morgan fingerprint density at radius 3 is 2.38 bits per heavy atom. The molecule has 0 heterocycles. The quantitative estimate of drug-likeness (QED) is 0.289. The first-order chi connectivity index (χ1) is 11.4. The highest BCUT2D eigenvalue weighted by atomic mass is 127. The van der Waals surface area contributed by atoms with Crippen LogP contribution in [0.25, 0.3) is 11.1 Å². The van der Waals surface area contributed by atoms with Crippen LogP contribution in [0.4, 0.5) is 0 Å². The van der Waals surface area contributed by atoms with Crippen molar-refractivity contribution in [1.82, 2.24) is 0 Å². The largest absolute Gasteiger partial charge is 0.115 e. The molecule has 122 valence electrons. The summed E-state index contributed by atoms with van der Waals surface area (Å²) in [5.74, 6) is 2.55. The standard InChI is InChI=1S/C23H23I/c1-6-8-9-17(3)23(4,5)22-16-20(11-10-18(22)7-2)19-12-14-21(24)15-13-19/h1,8-16H,3,7H2,2,4-5H3/b9-8-. The first-order valence-electron chi connectivity index (χ1n) is 8.11. The van der Waals surface area contributed by atoms with Crippen molar-refractivity contribution < 1.29 is 0 Å². The highest BCUT2D eigenvalue weighted by Crippen LogP contribution is 2.36. The fraction of sp³-hybridized carbons (Fsp3) is 0.217. The first kappa shape index (κ1) is 18.5. The van der Waals surface area contributed by atoms with E-state index in [4.69, 9.17) is 6.42 Å². The van der Waals surface area contributed by atoms with Gasteiger partial charge in [-0.3, -0.25) is 0 Å². The summed E-state index contributed by atoms with van der Waals surface area (Å²) in [5.41, 5.74) is 5.99. The van der Waals surface area contributed by atoms with Crippen LogP contribution in [-0.4, -0.2) is 0 Å². The average Bonchev–Trinajstić information content (AvgIpc) is 2.59. The third-order valence-corrected chi connectivity index (χ3v) is 5.24. The van der Waals surface area contributed by atoms with Gasteiger partial charge >= 0.3 is 0 Å². The van der Waals surface area contributed by atoms with Crippen LogP contribution < -0.4 is 0 Å². The Labute approximate surface area is 159 Å². The maximum Gasteiger partial charge on any atom is 0.0143 e. The van der Waals surface area contributed by atoms with Gasteiger partial charge in [-0.05, 0) is 81.1 Å². The third-order valence-electron chi connectivity index (χ3n) is 4.53. The van der Waals surface area contributed by atoms with Gasteiger partial charge in [-0.15, -0.1) is 6.42 Å². The van der Waals surface area contributed by atoms with Crippen LogP contribution in [0, 0.1) is 15.9 Å². The molecule has 0 fully saturated rings. The smallest absolute Gasteiger partial charge is 0.0143 e. The van der Waals surface area contributed by atoms with Crippen molar-refractivity contribution in [1.29, 1.82) is 0 Å². The summed E-state index contributed by atoms with van der Waals surface area (Å²) in [6.45, 7) is 10.9. The summed E-state index contributed by atoms with van der Waals surface area (Å²) in [4.78, 5) is 0. The molecule has 0 saturated heterocycles. The fourth-order valence-electron chi connectivity index (χ4n) is 2.82. The van der Waals surface area contributed by atoms with Crippen LogP contribution in [0.1, 0.15) is 31.9 Å². The second kappa shape index (κ2) is 7.85. The van der Waals surface area contributed by atoms with Gasteiger partial charge in [0.1, 0.15) is 0 Å². The Morgan fingerprint density at radius 1 is 1.17 bits per heavy atom. The molecule has 1 heteroatoms. The Hall–Kier alpha value is -1.79. The van der Waals surface area contributed by atoms with Crippen molar-refractivity contribution in [2.24, 2.45) is 0 Å². The topological polar surface area (TPSA) is 0 Å². The molecule has 24 heavy (non-hydrogen) atoms. The van der Waals surface area contributed by atoms with Gasteiger partial charge < -0.3 is 0 Å². The minimum Gasteiger partial charge on any atom is -0.115 e. The molecule has 0 amide bonds. The van der Waals surface area contributed by atoms with Crippen LogP contribution in [-0.2, 0) is 11.8 Å². The van der Waals surface area contributed by atoms with E-state index in [1.165, 1.54) is 25.8 Å². The minimum absolute atomic E-state index is 0.169. The summed E-state index contributed by atoms with van der Waals surface area (Å²) >= 11 is 2.33. The number of halogens is 1. The summed E-state index contributed by atoms with van der Waals surface area (Å²) in [5, 5.41) is 0. The van der Waals surface area contributed by atoms with Crippen LogP contribution in [0.15, 0.2) is 66.8 Å². The minimum atomic E-state index is -0.169. The Morgan fingerprint density at radius 2 is 1.79 bits per heavy atom. The number of hydrogen-bond acceptors (Lipinski definition) is 0. The van der Waals surface area contributed by atoms with Gasteiger partial charge in [0, 0.05) is 8.99 Å². The molecule has 0 aliphatic rings. The lowest BCUT2D eigenvalue weighted by atomic mass is 9.74. The number of terminal acetylenes is 1. The molecule has 0 radical (unpaired) electrons. The Bertz CT molecular complexity index is 799. The molecule has 0 nitrogen and oxygen atoms in total. The SMILES string of the molecule is C#C/C=C\C(=C)C(C)(C)c1cc(-c2ccc(I)cc2)ccc1CC. The number of aryl methyl sites for hydroxylation is 1. The van der Waals surface area contributed by atoms with Gasteiger partial charge in [0.25, 0.3) is 0 Å². The first-order valence-corrected chi connectivity index (χ1v) is 9.19. The van der Waals surface area contributed by atoms with Gasteiger partial charge in [-0.1, -0.05) is 63.6 Å². The molecule has 2 aromatic rings. The lowest BCUT2D eigenvalue weighted by molar-refractivity contribution is 0.633. The highest BCUT2D eigenvalue weighted by molar-refractivity contribution is 14.1. The molecule has 0 aliphatic carbocycles. The van der Waals surface area contributed by atoms with Gasteiger partial charge in [-0.2, -0.15) is 0 Å². The molecule has 0 spiro atoms. The number of allylic oxidation sites excluding steroid dienone is 3. The summed E-state index contributed by atoms with van der Waals surface area (Å²) in [6, 6.07) is 15.4. The zero-order chi connectivity index (χ0) is 17.7. The molecular formula is C23H23I. The number of benzene rings is 2. The predicted molar refractivity (Wildman–Crippen MR) is 114 cm³/mol. The van der Waals surface area contributed by atoms with Crippen LogP contribution in [0.5, 0.6) is 0 Å². The zero-order valence-corrected chi connectivity index (χ0v) is 16.7. The van der Waals surface area contributed by atoms with E-state index in [0.29, 0.717) is 0 Å². The van der Waals surface area contributed by atoms with Crippen molar-refractivity contribution in [3.8, 4) is 23.5 Å². The molecule has 0 saturated carbocycles. The average molecular weight is 426 g/mol. The fourth-order valence-corrected chi connectivity index (χ4v) is 3.18. The summed E-state index contributed by atoms with van der Waals surface area (Å²) in [6.07, 6.45) is 10.0. The van der Waals surface area contributed by atoms with Gasteiger partial charge in [0.15, 0.2) is 0 Å². The lowest BCUT2D eigenvalue weighted by Gasteiger charge is -2.29. The van der Waals surface area contributed by atoms with E-state index < -0.39 is 0 Å². The van der Waals surface area contributed by atoms with Crippen molar-refractivity contribution in [3.05, 3.63) is 81.5 Å². The second-order valence-electron chi connectivity index (χ2n) is 6.38. The zero-order valence-electron chi connectivity index (χ0n) is 14.6. The van der Waals surface area contributed by atoms with E-state index in [-0.39, 0.29) is 5.41 Å². The normalized spacial score (nSPS) is 11.5. The van der Waals surface area contributed by atoms with Crippen molar-refractivity contribution in [2.45, 2.75) is 32.6 Å². The molecule has 0 aromatic heterocycles. The molecule has 0 atom stereocenters.